The maximum absolute atomic E-state index is 5.37. The molecule has 0 saturated heterocycles. The Morgan fingerprint density at radius 2 is 1.45 bits per heavy atom. The van der Waals surface area contributed by atoms with Crippen LogP contribution in [0, 0.1) is 6.92 Å². The van der Waals surface area contributed by atoms with Crippen molar-refractivity contribution in [3.63, 3.8) is 0 Å². The van der Waals surface area contributed by atoms with Crippen molar-refractivity contribution >= 4 is 17.5 Å². The van der Waals surface area contributed by atoms with Crippen LogP contribution in [0.3, 0.4) is 0 Å². The summed E-state index contributed by atoms with van der Waals surface area (Å²) in [4.78, 5) is 5.03. The van der Waals surface area contributed by atoms with E-state index in [0.717, 1.165) is 39.8 Å². The number of rotatable bonds is 4. The third kappa shape index (κ3) is 3.07. The molecule has 1 atom stereocenters. The Morgan fingerprint density at radius 1 is 0.788 bits per heavy atom. The molecule has 0 N–H and O–H groups in total. The van der Waals surface area contributed by atoms with Crippen LogP contribution < -0.4 is 9.75 Å². The molecule has 8 nitrogen and oxygen atoms in total. The number of aromatic nitrogens is 2. The second kappa shape index (κ2) is 7.59. The van der Waals surface area contributed by atoms with E-state index in [1.54, 1.807) is 12.1 Å². The molecule has 3 aromatic carbocycles. The molecule has 0 unspecified atom stereocenters. The molecule has 0 bridgehead atoms. The minimum Gasteiger partial charge on any atom is -0.497 e. The van der Waals surface area contributed by atoms with Crippen LogP contribution in [0.4, 0.5) is 11.5 Å². The predicted octanol–water partition coefficient (Wildman–Crippen LogP) is 5.38. The summed E-state index contributed by atoms with van der Waals surface area (Å²) in [7, 11) is 1.67. The number of aryl methyl sites for hydroxylation is 1. The Labute approximate surface area is 191 Å². The summed E-state index contributed by atoms with van der Waals surface area (Å²) >= 11 is 0. The lowest BCUT2D eigenvalue weighted by Crippen LogP contribution is -2.38. The Morgan fingerprint density at radius 3 is 2.12 bits per heavy atom. The van der Waals surface area contributed by atoms with Gasteiger partial charge in [0, 0.05) is 5.56 Å². The van der Waals surface area contributed by atoms with Gasteiger partial charge in [-0.15, -0.1) is 0 Å². The molecule has 0 radical (unpaired) electrons. The zero-order chi connectivity index (χ0) is 22.4. The first-order valence-corrected chi connectivity index (χ1v) is 10.7. The minimum atomic E-state index is -0.228. The maximum atomic E-state index is 5.37. The number of ether oxygens (including phenoxy) is 1. The molecule has 0 saturated carbocycles. The van der Waals surface area contributed by atoms with Crippen molar-refractivity contribution < 1.29 is 4.74 Å². The Balaban J connectivity index is 1.56. The van der Waals surface area contributed by atoms with Gasteiger partial charge in [0.25, 0.3) is 5.96 Å². The molecule has 0 amide bonds. The van der Waals surface area contributed by atoms with Gasteiger partial charge in [0.15, 0.2) is 5.82 Å². The molecule has 2 aliphatic heterocycles. The first-order chi connectivity index (χ1) is 16.2. The highest BCUT2D eigenvalue weighted by Crippen LogP contribution is 2.45. The monoisotopic (exact) mass is 435 g/mol. The second-order valence-electron chi connectivity index (χ2n) is 7.83. The number of aliphatic imine (C=N–C) groups is 1. The normalized spacial score (nSPS) is 16.4. The number of guanidine groups is 1. The number of para-hydroxylation sites is 2. The number of methoxy groups -OCH3 is 1. The standard InChI is InChI=1S/C25H21N7O/c1-17-22-23(18-13-15-21(33-2)16-14-18)32-25(31(28-29-32)20-11-7-4-8-12-20)26-24(22)30(27-17)19-9-5-3-6-10-19/h3-16,23H,1-2H3/t23-/m1/s1. The fourth-order valence-corrected chi connectivity index (χ4v) is 4.28. The molecule has 33 heavy (non-hydrogen) atoms. The van der Waals surface area contributed by atoms with Gasteiger partial charge in [-0.25, -0.2) is 4.68 Å². The smallest absolute Gasteiger partial charge is 0.253 e. The van der Waals surface area contributed by atoms with E-state index in [0.29, 0.717) is 5.96 Å². The summed E-state index contributed by atoms with van der Waals surface area (Å²) in [6.07, 6.45) is 0. The van der Waals surface area contributed by atoms with Crippen LogP contribution in [0.1, 0.15) is 22.9 Å². The molecule has 4 aromatic rings. The predicted molar refractivity (Wildman–Crippen MR) is 126 cm³/mol. The van der Waals surface area contributed by atoms with E-state index in [2.05, 4.69) is 22.6 Å². The van der Waals surface area contributed by atoms with Crippen LogP contribution in [-0.2, 0) is 0 Å². The van der Waals surface area contributed by atoms with Crippen LogP contribution >= 0.6 is 0 Å². The molecule has 6 rings (SSSR count). The molecular weight excluding hydrogens is 414 g/mol. The van der Waals surface area contributed by atoms with Crippen LogP contribution in [-0.4, -0.2) is 27.9 Å². The lowest BCUT2D eigenvalue weighted by Gasteiger charge is -2.30. The van der Waals surface area contributed by atoms with Gasteiger partial charge in [0.1, 0.15) is 11.8 Å². The van der Waals surface area contributed by atoms with Gasteiger partial charge in [0.2, 0.25) is 0 Å². The van der Waals surface area contributed by atoms with Gasteiger partial charge >= 0.3 is 0 Å². The van der Waals surface area contributed by atoms with Crippen molar-refractivity contribution in [2.75, 3.05) is 12.1 Å². The average Bonchev–Trinajstić information content (AvgIpc) is 3.45. The molecule has 8 heteroatoms. The molecule has 0 aliphatic carbocycles. The largest absolute Gasteiger partial charge is 0.497 e. The van der Waals surface area contributed by atoms with Gasteiger partial charge in [-0.05, 0) is 59.3 Å². The van der Waals surface area contributed by atoms with Gasteiger partial charge < -0.3 is 4.74 Å². The van der Waals surface area contributed by atoms with E-state index in [1.165, 1.54) is 0 Å². The fourth-order valence-electron chi connectivity index (χ4n) is 4.28. The third-order valence-corrected chi connectivity index (χ3v) is 5.86. The zero-order valence-corrected chi connectivity index (χ0v) is 18.2. The number of nitrogens with zero attached hydrogens (tertiary/aromatic N) is 7. The van der Waals surface area contributed by atoms with Crippen LogP contribution in [0.15, 0.2) is 100 Å². The SMILES string of the molecule is COc1ccc([C@@H]2c3c(C)nn(-c4ccccc4)c3N=C3N(c4ccccc4)N=NN32)cc1. The zero-order valence-electron chi connectivity index (χ0n) is 18.2. The molecule has 2 aliphatic rings. The van der Waals surface area contributed by atoms with Gasteiger partial charge in [-0.1, -0.05) is 48.5 Å². The third-order valence-electron chi connectivity index (χ3n) is 5.86. The summed E-state index contributed by atoms with van der Waals surface area (Å²) in [5.41, 5.74) is 4.79. The van der Waals surface area contributed by atoms with E-state index in [4.69, 9.17) is 14.8 Å². The highest BCUT2D eigenvalue weighted by atomic mass is 16.5. The van der Waals surface area contributed by atoms with E-state index in [9.17, 15) is 0 Å². The second-order valence-corrected chi connectivity index (χ2v) is 7.83. The van der Waals surface area contributed by atoms with Crippen molar-refractivity contribution in [2.24, 2.45) is 15.4 Å². The number of hydrogen-bond donors (Lipinski definition) is 0. The first-order valence-electron chi connectivity index (χ1n) is 10.7. The van der Waals surface area contributed by atoms with Crippen LogP contribution in [0.2, 0.25) is 0 Å². The van der Waals surface area contributed by atoms with Crippen molar-refractivity contribution in [3.05, 3.63) is 102 Å². The van der Waals surface area contributed by atoms with E-state index in [1.807, 2.05) is 89.4 Å². The first kappa shape index (κ1) is 19.2. The lowest BCUT2D eigenvalue weighted by atomic mass is 9.96. The summed E-state index contributed by atoms with van der Waals surface area (Å²) in [6.45, 7) is 2.01. The molecule has 1 aromatic heterocycles. The fraction of sp³-hybridized carbons (Fsp3) is 0.120. The topological polar surface area (TPSA) is 70.6 Å². The number of benzene rings is 3. The average molecular weight is 435 g/mol. The van der Waals surface area contributed by atoms with E-state index >= 15 is 0 Å². The van der Waals surface area contributed by atoms with Gasteiger partial charge in [-0.2, -0.15) is 20.1 Å². The highest BCUT2D eigenvalue weighted by molar-refractivity contribution is 5.99. The van der Waals surface area contributed by atoms with Gasteiger partial charge in [-0.3, -0.25) is 0 Å². The Kier molecular flexibility index (Phi) is 4.43. The maximum Gasteiger partial charge on any atom is 0.253 e. The van der Waals surface area contributed by atoms with Crippen molar-refractivity contribution in [2.45, 2.75) is 13.0 Å². The summed E-state index contributed by atoms with van der Waals surface area (Å²) in [5.74, 6) is 2.21. The van der Waals surface area contributed by atoms with E-state index in [-0.39, 0.29) is 6.04 Å². The molecule has 3 heterocycles. The van der Waals surface area contributed by atoms with Crippen LogP contribution in [0.5, 0.6) is 5.75 Å². The number of hydrogen-bond acceptors (Lipinski definition) is 7. The summed E-state index contributed by atoms with van der Waals surface area (Å²) < 4.78 is 7.27. The Bertz CT molecular complexity index is 1360. The van der Waals surface area contributed by atoms with Crippen molar-refractivity contribution in [1.82, 2.24) is 14.8 Å². The summed E-state index contributed by atoms with van der Waals surface area (Å²) in [5, 5.41) is 17.5. The number of fused-ring (bicyclic) bond motifs is 2. The molecule has 0 spiro atoms. The molecule has 0 fully saturated rings. The number of anilines is 1. The molecular formula is C25H21N7O. The lowest BCUT2D eigenvalue weighted by molar-refractivity contribution is 0.364. The quantitative estimate of drug-likeness (QED) is 0.431. The Hall–Kier alpha value is -4.46. The highest BCUT2D eigenvalue weighted by Gasteiger charge is 2.42. The molecule has 162 valence electrons. The van der Waals surface area contributed by atoms with Crippen molar-refractivity contribution in [3.8, 4) is 11.4 Å². The van der Waals surface area contributed by atoms with Gasteiger partial charge in [0.05, 0.1) is 24.2 Å². The van der Waals surface area contributed by atoms with Crippen molar-refractivity contribution in [1.29, 1.82) is 0 Å². The summed E-state index contributed by atoms with van der Waals surface area (Å²) in [6, 6.07) is 27.7. The van der Waals surface area contributed by atoms with E-state index < -0.39 is 0 Å². The minimum absolute atomic E-state index is 0.228. The van der Waals surface area contributed by atoms with Crippen LogP contribution in [0.25, 0.3) is 5.69 Å².